The van der Waals surface area contributed by atoms with Crippen LogP contribution in [-0.4, -0.2) is 18.2 Å². The van der Waals surface area contributed by atoms with Crippen molar-refractivity contribution < 1.29 is 4.52 Å². The van der Waals surface area contributed by atoms with Gasteiger partial charge in [-0.25, -0.2) is 0 Å². The fourth-order valence-corrected chi connectivity index (χ4v) is 2.09. The van der Waals surface area contributed by atoms with E-state index < -0.39 is 0 Å². The fourth-order valence-electron chi connectivity index (χ4n) is 2.09. The van der Waals surface area contributed by atoms with E-state index in [-0.39, 0.29) is 0 Å². The van der Waals surface area contributed by atoms with Crippen LogP contribution in [0.4, 0.5) is 0 Å². The fraction of sp³-hybridized carbons (Fsp3) is 0.364. The molecule has 1 aliphatic heterocycles. The minimum atomic E-state index is 0.527. The zero-order valence-corrected chi connectivity index (χ0v) is 7.86. The number of fused-ring (bicyclic) bond motifs is 1. The summed E-state index contributed by atoms with van der Waals surface area (Å²) in [6.45, 7) is 2.11. The maximum absolute atomic E-state index is 5.28. The Balaban J connectivity index is 2.11. The topological polar surface area (TPSA) is 38.1 Å². The first kappa shape index (κ1) is 8.00. The SMILES string of the molecule is c1ccc2c(C3CCNC3)noc2c1. The van der Waals surface area contributed by atoms with Gasteiger partial charge in [0.25, 0.3) is 0 Å². The van der Waals surface area contributed by atoms with Crippen molar-refractivity contribution in [2.45, 2.75) is 12.3 Å². The van der Waals surface area contributed by atoms with Crippen LogP contribution in [0.15, 0.2) is 28.8 Å². The van der Waals surface area contributed by atoms with Crippen LogP contribution in [0.5, 0.6) is 0 Å². The molecule has 2 heterocycles. The van der Waals surface area contributed by atoms with Crippen LogP contribution in [0.2, 0.25) is 0 Å². The molecule has 14 heavy (non-hydrogen) atoms. The highest BCUT2D eigenvalue weighted by Gasteiger charge is 2.22. The molecule has 72 valence electrons. The Morgan fingerprint density at radius 1 is 1.36 bits per heavy atom. The molecule has 1 N–H and O–H groups in total. The van der Waals surface area contributed by atoms with Gasteiger partial charge in [-0.3, -0.25) is 0 Å². The standard InChI is InChI=1S/C11H12N2O/c1-2-4-10-9(3-1)11(13-14-10)8-5-6-12-7-8/h1-4,8,12H,5-7H2. The van der Waals surface area contributed by atoms with Crippen LogP contribution >= 0.6 is 0 Å². The highest BCUT2D eigenvalue weighted by atomic mass is 16.5. The molecule has 3 nitrogen and oxygen atoms in total. The molecule has 0 radical (unpaired) electrons. The molecule has 1 atom stereocenters. The van der Waals surface area contributed by atoms with E-state index >= 15 is 0 Å². The van der Waals surface area contributed by atoms with E-state index in [4.69, 9.17) is 4.52 Å². The molecule has 1 aromatic heterocycles. The average molecular weight is 188 g/mol. The molecule has 0 amide bonds. The van der Waals surface area contributed by atoms with Gasteiger partial charge in [-0.2, -0.15) is 0 Å². The third-order valence-electron chi connectivity index (χ3n) is 2.85. The molecule has 0 bridgehead atoms. The molecule has 0 spiro atoms. The third kappa shape index (κ3) is 1.13. The number of hydrogen-bond acceptors (Lipinski definition) is 3. The summed E-state index contributed by atoms with van der Waals surface area (Å²) in [6.07, 6.45) is 1.16. The van der Waals surface area contributed by atoms with Crippen LogP contribution in [-0.2, 0) is 0 Å². The second kappa shape index (κ2) is 3.10. The van der Waals surface area contributed by atoms with Gasteiger partial charge in [-0.15, -0.1) is 0 Å². The highest BCUT2D eigenvalue weighted by Crippen LogP contribution is 2.28. The lowest BCUT2D eigenvalue weighted by Crippen LogP contribution is -2.08. The van der Waals surface area contributed by atoms with Crippen molar-refractivity contribution in [2.75, 3.05) is 13.1 Å². The summed E-state index contributed by atoms with van der Waals surface area (Å²) in [7, 11) is 0. The van der Waals surface area contributed by atoms with Crippen molar-refractivity contribution in [1.82, 2.24) is 10.5 Å². The smallest absolute Gasteiger partial charge is 0.167 e. The molecule has 1 unspecified atom stereocenters. The summed E-state index contributed by atoms with van der Waals surface area (Å²) in [5.41, 5.74) is 2.01. The maximum atomic E-state index is 5.28. The summed E-state index contributed by atoms with van der Waals surface area (Å²) in [5, 5.41) is 8.67. The van der Waals surface area contributed by atoms with Crippen molar-refractivity contribution >= 4 is 11.0 Å². The first-order valence-corrected chi connectivity index (χ1v) is 5.00. The number of nitrogens with zero attached hydrogens (tertiary/aromatic N) is 1. The van der Waals surface area contributed by atoms with Crippen molar-refractivity contribution in [3.8, 4) is 0 Å². The van der Waals surface area contributed by atoms with Gasteiger partial charge in [0, 0.05) is 17.8 Å². The molecule has 3 rings (SSSR count). The number of aromatic nitrogens is 1. The number of nitrogens with one attached hydrogen (secondary N) is 1. The number of benzene rings is 1. The molecular weight excluding hydrogens is 176 g/mol. The predicted octanol–water partition coefficient (Wildman–Crippen LogP) is 1.90. The second-order valence-electron chi connectivity index (χ2n) is 3.75. The van der Waals surface area contributed by atoms with Gasteiger partial charge in [0.1, 0.15) is 0 Å². The summed E-state index contributed by atoms with van der Waals surface area (Å²) in [4.78, 5) is 0. The second-order valence-corrected chi connectivity index (χ2v) is 3.75. The van der Waals surface area contributed by atoms with Gasteiger partial charge in [-0.1, -0.05) is 17.3 Å². The van der Waals surface area contributed by atoms with E-state index in [0.29, 0.717) is 5.92 Å². The first-order valence-electron chi connectivity index (χ1n) is 5.00. The summed E-state index contributed by atoms with van der Waals surface area (Å²) in [5.74, 6) is 0.527. The summed E-state index contributed by atoms with van der Waals surface area (Å²) in [6, 6.07) is 8.06. The van der Waals surface area contributed by atoms with Gasteiger partial charge < -0.3 is 9.84 Å². The molecule has 2 aromatic rings. The molecule has 0 saturated carbocycles. The average Bonchev–Trinajstić information content (AvgIpc) is 2.85. The summed E-state index contributed by atoms with van der Waals surface area (Å²) >= 11 is 0. The van der Waals surface area contributed by atoms with Crippen LogP contribution in [0.1, 0.15) is 18.0 Å². The van der Waals surface area contributed by atoms with Crippen LogP contribution in [0, 0.1) is 0 Å². The number of para-hydroxylation sites is 1. The zero-order valence-electron chi connectivity index (χ0n) is 7.86. The zero-order chi connectivity index (χ0) is 9.38. The monoisotopic (exact) mass is 188 g/mol. The molecular formula is C11H12N2O. The maximum Gasteiger partial charge on any atom is 0.167 e. The highest BCUT2D eigenvalue weighted by molar-refractivity contribution is 5.79. The van der Waals surface area contributed by atoms with Gasteiger partial charge in [0.05, 0.1) is 5.69 Å². The van der Waals surface area contributed by atoms with Crippen LogP contribution in [0.25, 0.3) is 11.0 Å². The van der Waals surface area contributed by atoms with Crippen molar-refractivity contribution in [2.24, 2.45) is 0 Å². The van der Waals surface area contributed by atoms with Crippen molar-refractivity contribution in [3.63, 3.8) is 0 Å². The lowest BCUT2D eigenvalue weighted by Gasteiger charge is -2.02. The van der Waals surface area contributed by atoms with E-state index in [9.17, 15) is 0 Å². The van der Waals surface area contributed by atoms with Gasteiger partial charge in [-0.05, 0) is 25.1 Å². The van der Waals surface area contributed by atoms with Crippen LogP contribution < -0.4 is 5.32 Å². The lowest BCUT2D eigenvalue weighted by molar-refractivity contribution is 0.439. The molecule has 3 heteroatoms. The Hall–Kier alpha value is -1.35. The molecule has 0 aliphatic carbocycles. The number of hydrogen-bond donors (Lipinski definition) is 1. The molecule has 1 aromatic carbocycles. The Morgan fingerprint density at radius 3 is 3.14 bits per heavy atom. The van der Waals surface area contributed by atoms with Gasteiger partial charge in [0.15, 0.2) is 5.58 Å². The number of rotatable bonds is 1. The van der Waals surface area contributed by atoms with Gasteiger partial charge in [0.2, 0.25) is 0 Å². The van der Waals surface area contributed by atoms with Crippen molar-refractivity contribution in [3.05, 3.63) is 30.0 Å². The van der Waals surface area contributed by atoms with E-state index in [2.05, 4.69) is 16.5 Å². The Bertz CT molecular complexity index is 443. The first-order chi connectivity index (χ1) is 6.95. The Kier molecular flexibility index (Phi) is 1.77. The van der Waals surface area contributed by atoms with E-state index in [1.807, 2.05) is 18.2 Å². The lowest BCUT2D eigenvalue weighted by atomic mass is 10.0. The molecule has 1 fully saturated rings. The normalized spacial score (nSPS) is 21.9. The Morgan fingerprint density at radius 2 is 2.29 bits per heavy atom. The van der Waals surface area contributed by atoms with Gasteiger partial charge >= 0.3 is 0 Å². The van der Waals surface area contributed by atoms with Crippen LogP contribution in [0.3, 0.4) is 0 Å². The third-order valence-corrected chi connectivity index (χ3v) is 2.85. The molecule has 1 saturated heterocycles. The summed E-state index contributed by atoms with van der Waals surface area (Å²) < 4.78 is 5.28. The Labute approximate surface area is 82.1 Å². The minimum absolute atomic E-state index is 0.527. The minimum Gasteiger partial charge on any atom is -0.356 e. The molecule has 1 aliphatic rings. The largest absolute Gasteiger partial charge is 0.356 e. The van der Waals surface area contributed by atoms with E-state index in [1.165, 1.54) is 5.39 Å². The van der Waals surface area contributed by atoms with E-state index in [1.54, 1.807) is 0 Å². The quantitative estimate of drug-likeness (QED) is 0.742. The van der Waals surface area contributed by atoms with Crippen molar-refractivity contribution in [1.29, 1.82) is 0 Å². The van der Waals surface area contributed by atoms with E-state index in [0.717, 1.165) is 30.8 Å². The predicted molar refractivity (Wildman–Crippen MR) is 54.2 cm³/mol.